The Kier molecular flexibility index (Phi) is 3.60. The summed E-state index contributed by atoms with van der Waals surface area (Å²) in [5.41, 5.74) is 1.82. The Labute approximate surface area is 103 Å². The number of hydrogen-bond donors (Lipinski definition) is 0. The van der Waals surface area contributed by atoms with Crippen molar-refractivity contribution in [3.05, 3.63) is 17.9 Å². The maximum absolute atomic E-state index is 14.0. The maximum atomic E-state index is 14.0. The quantitative estimate of drug-likeness (QED) is 0.746. The molecule has 0 amide bonds. The molecule has 0 fully saturated rings. The van der Waals surface area contributed by atoms with Gasteiger partial charge in [0.2, 0.25) is 0 Å². The molecule has 1 aromatic carbocycles. The summed E-state index contributed by atoms with van der Waals surface area (Å²) in [6.07, 6.45) is 2.09. The Morgan fingerprint density at radius 2 is 2.24 bits per heavy atom. The average Bonchev–Trinajstić information content (AvgIpc) is 2.29. The van der Waals surface area contributed by atoms with Gasteiger partial charge < -0.3 is 9.64 Å². The van der Waals surface area contributed by atoms with Crippen LogP contribution in [0.5, 0.6) is 5.75 Å². The van der Waals surface area contributed by atoms with Crippen LogP contribution in [0.25, 0.3) is 0 Å². The maximum Gasteiger partial charge on any atom is 0.176 e. The second kappa shape index (κ2) is 4.99. The molecule has 0 aromatic heterocycles. The van der Waals surface area contributed by atoms with E-state index in [1.807, 2.05) is 13.1 Å². The predicted molar refractivity (Wildman–Crippen MR) is 71.5 cm³/mol. The van der Waals surface area contributed by atoms with E-state index < -0.39 is 0 Å². The van der Waals surface area contributed by atoms with Gasteiger partial charge in [0.1, 0.15) is 18.2 Å². The second-order valence-corrected chi connectivity index (χ2v) is 4.80. The van der Waals surface area contributed by atoms with E-state index in [0.29, 0.717) is 12.4 Å². The van der Waals surface area contributed by atoms with E-state index in [1.165, 1.54) is 6.07 Å². The van der Waals surface area contributed by atoms with E-state index in [9.17, 15) is 4.39 Å². The molecular formula is C13H19BFNO. The van der Waals surface area contributed by atoms with Gasteiger partial charge in [0, 0.05) is 13.1 Å². The lowest BCUT2D eigenvalue weighted by Gasteiger charge is -2.28. The van der Waals surface area contributed by atoms with Gasteiger partial charge in [0.15, 0.2) is 6.71 Å². The fraction of sp³-hybridized carbons (Fsp3) is 0.538. The number of fused-ring (bicyclic) bond motifs is 1. The molecule has 0 saturated heterocycles. The molecule has 1 aliphatic heterocycles. The Balaban J connectivity index is 2.37. The van der Waals surface area contributed by atoms with Gasteiger partial charge in [0.25, 0.3) is 0 Å². The summed E-state index contributed by atoms with van der Waals surface area (Å²) in [4.78, 5) is 2.13. The molecule has 1 aliphatic rings. The van der Waals surface area contributed by atoms with Gasteiger partial charge in [-0.25, -0.2) is 4.39 Å². The van der Waals surface area contributed by atoms with E-state index in [4.69, 9.17) is 4.74 Å². The zero-order valence-electron chi connectivity index (χ0n) is 10.8. The molecule has 0 N–H and O–H groups in total. The van der Waals surface area contributed by atoms with Crippen LogP contribution in [0.15, 0.2) is 12.1 Å². The van der Waals surface area contributed by atoms with Crippen molar-refractivity contribution in [3.8, 4) is 5.75 Å². The molecular weight excluding hydrogens is 216 g/mol. The van der Waals surface area contributed by atoms with Crippen molar-refractivity contribution in [1.29, 1.82) is 0 Å². The first kappa shape index (κ1) is 12.3. The second-order valence-electron chi connectivity index (χ2n) is 4.80. The lowest BCUT2D eigenvalue weighted by Crippen LogP contribution is -2.34. The summed E-state index contributed by atoms with van der Waals surface area (Å²) in [5, 5.41) is 0. The van der Waals surface area contributed by atoms with Crippen molar-refractivity contribution in [2.45, 2.75) is 26.5 Å². The summed E-state index contributed by atoms with van der Waals surface area (Å²) in [7, 11) is 2.02. The summed E-state index contributed by atoms with van der Waals surface area (Å²) >= 11 is 0. The van der Waals surface area contributed by atoms with Crippen LogP contribution in [-0.4, -0.2) is 26.9 Å². The van der Waals surface area contributed by atoms with E-state index in [1.54, 1.807) is 0 Å². The van der Waals surface area contributed by atoms with Crippen molar-refractivity contribution >= 4 is 17.9 Å². The summed E-state index contributed by atoms with van der Waals surface area (Å²) < 4.78 is 19.5. The molecule has 1 aromatic rings. The van der Waals surface area contributed by atoms with Gasteiger partial charge in [0.05, 0.1) is 12.2 Å². The Morgan fingerprint density at radius 1 is 1.47 bits per heavy atom. The highest BCUT2D eigenvalue weighted by Gasteiger charge is 2.21. The molecule has 0 unspecified atom stereocenters. The highest BCUT2D eigenvalue weighted by molar-refractivity contribution is 6.72. The Hall–Kier alpha value is -1.19. The molecule has 0 aliphatic carbocycles. The van der Waals surface area contributed by atoms with E-state index in [0.717, 1.165) is 30.4 Å². The zero-order chi connectivity index (χ0) is 12.4. The zero-order valence-corrected chi connectivity index (χ0v) is 10.8. The fourth-order valence-electron chi connectivity index (χ4n) is 2.35. The lowest BCUT2D eigenvalue weighted by molar-refractivity contribution is 0.310. The van der Waals surface area contributed by atoms with Crippen molar-refractivity contribution in [1.82, 2.24) is 0 Å². The molecule has 1 heterocycles. The smallest absolute Gasteiger partial charge is 0.176 e. The largest absolute Gasteiger partial charge is 0.489 e. The fourth-order valence-corrected chi connectivity index (χ4v) is 2.35. The van der Waals surface area contributed by atoms with Crippen LogP contribution < -0.4 is 15.1 Å². The SMILES string of the molecule is CCCB(C)c1cc2c(cc1F)OCCN2C. The van der Waals surface area contributed by atoms with Crippen molar-refractivity contribution in [2.24, 2.45) is 0 Å². The Bertz CT molecular complexity index is 411. The number of hydrogen-bond acceptors (Lipinski definition) is 2. The number of benzene rings is 1. The number of ether oxygens (including phenoxy) is 1. The minimum atomic E-state index is -0.139. The topological polar surface area (TPSA) is 12.5 Å². The monoisotopic (exact) mass is 235 g/mol. The first-order valence-corrected chi connectivity index (χ1v) is 6.30. The van der Waals surface area contributed by atoms with Gasteiger partial charge in [-0.05, 0) is 11.5 Å². The summed E-state index contributed by atoms with van der Waals surface area (Å²) in [6.45, 7) is 5.97. The number of likely N-dealkylation sites (N-methyl/N-ethyl adjacent to an activating group) is 1. The number of rotatable bonds is 3. The Morgan fingerprint density at radius 3 is 2.94 bits per heavy atom. The molecule has 92 valence electrons. The van der Waals surface area contributed by atoms with Crippen LogP contribution in [0.4, 0.5) is 10.1 Å². The van der Waals surface area contributed by atoms with Crippen LogP contribution in [0.3, 0.4) is 0 Å². The first-order valence-electron chi connectivity index (χ1n) is 6.30. The average molecular weight is 235 g/mol. The highest BCUT2D eigenvalue weighted by atomic mass is 19.1. The lowest BCUT2D eigenvalue weighted by atomic mass is 9.44. The third kappa shape index (κ3) is 2.40. The molecule has 2 rings (SSSR count). The minimum Gasteiger partial charge on any atom is -0.489 e. The van der Waals surface area contributed by atoms with Gasteiger partial charge in [-0.2, -0.15) is 0 Å². The molecule has 2 nitrogen and oxygen atoms in total. The number of nitrogens with zero attached hydrogens (tertiary/aromatic N) is 1. The highest BCUT2D eigenvalue weighted by Crippen LogP contribution is 2.30. The van der Waals surface area contributed by atoms with Crippen LogP contribution >= 0.6 is 0 Å². The van der Waals surface area contributed by atoms with Crippen LogP contribution in [0, 0.1) is 5.82 Å². The minimum absolute atomic E-state index is 0.139. The van der Waals surface area contributed by atoms with Crippen molar-refractivity contribution < 1.29 is 9.13 Å². The van der Waals surface area contributed by atoms with E-state index in [2.05, 4.69) is 18.6 Å². The molecule has 4 heteroatoms. The first-order chi connectivity index (χ1) is 8.13. The van der Waals surface area contributed by atoms with Gasteiger partial charge in [-0.15, -0.1) is 0 Å². The molecule has 0 saturated carbocycles. The number of halogens is 1. The van der Waals surface area contributed by atoms with E-state index >= 15 is 0 Å². The number of anilines is 1. The van der Waals surface area contributed by atoms with Crippen molar-refractivity contribution in [2.75, 3.05) is 25.1 Å². The van der Waals surface area contributed by atoms with E-state index in [-0.39, 0.29) is 12.5 Å². The van der Waals surface area contributed by atoms with Gasteiger partial charge in [-0.1, -0.05) is 26.5 Å². The van der Waals surface area contributed by atoms with Crippen LogP contribution in [0.2, 0.25) is 13.1 Å². The standard InChI is InChI=1S/C13H19BFNO/c1-4-5-14(2)10-8-12-13(9-11(10)15)17-7-6-16(12)3/h8-9H,4-7H2,1-3H3. The van der Waals surface area contributed by atoms with Crippen molar-refractivity contribution in [3.63, 3.8) is 0 Å². The summed E-state index contributed by atoms with van der Waals surface area (Å²) in [5.74, 6) is 0.531. The molecule has 0 bridgehead atoms. The molecule has 0 radical (unpaired) electrons. The summed E-state index contributed by atoms with van der Waals surface area (Å²) in [6, 6.07) is 3.48. The molecule has 0 spiro atoms. The molecule has 17 heavy (non-hydrogen) atoms. The normalized spacial score (nSPS) is 14.2. The third-order valence-electron chi connectivity index (χ3n) is 3.43. The van der Waals surface area contributed by atoms with Crippen LogP contribution in [-0.2, 0) is 0 Å². The third-order valence-corrected chi connectivity index (χ3v) is 3.43. The van der Waals surface area contributed by atoms with Crippen LogP contribution in [0.1, 0.15) is 13.3 Å². The predicted octanol–water partition coefficient (Wildman–Crippen LogP) is 2.40. The molecule has 0 atom stereocenters. The van der Waals surface area contributed by atoms with Gasteiger partial charge >= 0.3 is 0 Å². The van der Waals surface area contributed by atoms with Gasteiger partial charge in [-0.3, -0.25) is 0 Å².